The zero-order valence-corrected chi connectivity index (χ0v) is 20.5. The van der Waals surface area contributed by atoms with Crippen LogP contribution in [0.3, 0.4) is 0 Å². The molecule has 35 heavy (non-hydrogen) atoms. The molecule has 0 bridgehead atoms. The van der Waals surface area contributed by atoms with Gasteiger partial charge in [-0.3, -0.25) is 4.98 Å². The molecule has 1 aliphatic rings. The van der Waals surface area contributed by atoms with Crippen LogP contribution in [0.5, 0.6) is 0 Å². The van der Waals surface area contributed by atoms with Gasteiger partial charge in [0.25, 0.3) is 0 Å². The smallest absolute Gasteiger partial charge is 0.229 e. The molecule has 182 valence electrons. The summed E-state index contributed by atoms with van der Waals surface area (Å²) in [5, 5.41) is 37.9. The van der Waals surface area contributed by atoms with Crippen molar-refractivity contribution < 1.29 is 15.3 Å². The van der Waals surface area contributed by atoms with Gasteiger partial charge in [0.2, 0.25) is 5.95 Å². The first-order chi connectivity index (χ1) is 16.8. The molecule has 1 saturated carbocycles. The summed E-state index contributed by atoms with van der Waals surface area (Å²) >= 11 is 1.55. The van der Waals surface area contributed by atoms with Crippen LogP contribution in [0.15, 0.2) is 36.4 Å². The van der Waals surface area contributed by atoms with Gasteiger partial charge in [-0.25, -0.2) is 9.97 Å². The molecule has 0 unspecified atom stereocenters. The second kappa shape index (κ2) is 9.46. The molecule has 0 aliphatic heterocycles. The van der Waals surface area contributed by atoms with Crippen LogP contribution in [-0.4, -0.2) is 60.1 Å². The topological polar surface area (TPSA) is 136 Å². The van der Waals surface area contributed by atoms with Gasteiger partial charge in [0.1, 0.15) is 16.9 Å². The summed E-state index contributed by atoms with van der Waals surface area (Å²) in [5.74, 6) is 0.500. The first kappa shape index (κ1) is 23.6. The Morgan fingerprint density at radius 3 is 2.40 bits per heavy atom. The van der Waals surface area contributed by atoms with Crippen molar-refractivity contribution in [3.05, 3.63) is 53.5 Å². The number of hydrogen-bond donors (Lipinski definition) is 5. The van der Waals surface area contributed by atoms with Gasteiger partial charge in [0.15, 0.2) is 0 Å². The normalized spacial score (nSPS) is 22.0. The number of hydrogen-bond acceptors (Lipinski definition) is 10. The molecule has 1 aromatic carbocycles. The molecule has 5 rings (SSSR count). The maximum Gasteiger partial charge on any atom is 0.229 e. The minimum atomic E-state index is -1.03. The molecule has 9 nitrogen and oxygen atoms in total. The fraction of sp³-hybridized carbons (Fsp3) is 0.360. The van der Waals surface area contributed by atoms with E-state index in [0.717, 1.165) is 43.6 Å². The zero-order chi connectivity index (χ0) is 24.7. The fourth-order valence-electron chi connectivity index (χ4n) is 4.63. The Hall–Kier alpha value is -3.18. The molecule has 0 saturated heterocycles. The zero-order valence-electron chi connectivity index (χ0n) is 19.7. The maximum atomic E-state index is 10.6. The summed E-state index contributed by atoms with van der Waals surface area (Å²) in [7, 11) is 0. The van der Waals surface area contributed by atoms with Crippen LogP contribution >= 0.6 is 11.3 Å². The van der Waals surface area contributed by atoms with E-state index < -0.39 is 24.2 Å². The third-order valence-electron chi connectivity index (χ3n) is 6.29. The van der Waals surface area contributed by atoms with Crippen LogP contribution < -0.4 is 10.6 Å². The van der Waals surface area contributed by atoms with E-state index in [1.807, 2.05) is 57.2 Å². The number of benzene rings is 1. The van der Waals surface area contributed by atoms with E-state index in [4.69, 9.17) is 15.0 Å². The Labute approximate surface area is 207 Å². The number of aliphatic hydroxyl groups is 3. The van der Waals surface area contributed by atoms with Crippen LogP contribution in [0.2, 0.25) is 0 Å². The monoisotopic (exact) mass is 492 g/mol. The SMILES string of the molecule is Cc1cc(Nc2nc(C)c(-c3nc4ccccc4s3)c(N[C@@H]3C[C@H](CO)[C@@H](O)[C@H]3O)n2)cc(C)n1. The molecule has 10 heteroatoms. The largest absolute Gasteiger partial charge is 0.396 e. The third-order valence-corrected chi connectivity index (χ3v) is 7.35. The number of aliphatic hydroxyl groups excluding tert-OH is 3. The Morgan fingerprint density at radius 2 is 1.71 bits per heavy atom. The minimum absolute atomic E-state index is 0.197. The van der Waals surface area contributed by atoms with Gasteiger partial charge >= 0.3 is 0 Å². The lowest BCUT2D eigenvalue weighted by Crippen LogP contribution is -2.35. The molecular formula is C25H28N6O3S. The van der Waals surface area contributed by atoms with E-state index in [2.05, 4.69) is 15.6 Å². The highest BCUT2D eigenvalue weighted by molar-refractivity contribution is 7.21. The van der Waals surface area contributed by atoms with Gasteiger partial charge in [0.05, 0.1) is 33.6 Å². The number of nitrogens with one attached hydrogen (secondary N) is 2. The van der Waals surface area contributed by atoms with E-state index >= 15 is 0 Å². The summed E-state index contributed by atoms with van der Waals surface area (Å²) in [4.78, 5) is 18.7. The molecule has 3 heterocycles. The Kier molecular flexibility index (Phi) is 6.37. The predicted molar refractivity (Wildman–Crippen MR) is 137 cm³/mol. The van der Waals surface area contributed by atoms with E-state index in [-0.39, 0.29) is 6.61 Å². The van der Waals surface area contributed by atoms with Crippen molar-refractivity contribution in [3.8, 4) is 10.6 Å². The van der Waals surface area contributed by atoms with E-state index in [0.29, 0.717) is 18.2 Å². The van der Waals surface area contributed by atoms with Crippen LogP contribution in [0.4, 0.5) is 17.5 Å². The van der Waals surface area contributed by atoms with Gasteiger partial charge in [0, 0.05) is 29.6 Å². The molecule has 5 N–H and O–H groups in total. The highest BCUT2D eigenvalue weighted by atomic mass is 32.1. The average molecular weight is 493 g/mol. The number of anilines is 3. The summed E-state index contributed by atoms with van der Waals surface area (Å²) in [6.07, 6.45) is -1.63. The van der Waals surface area contributed by atoms with Crippen molar-refractivity contribution >= 4 is 39.0 Å². The molecule has 4 aromatic rings. The number of aryl methyl sites for hydroxylation is 3. The number of para-hydroxylation sites is 1. The van der Waals surface area contributed by atoms with Crippen molar-refractivity contribution in [3.63, 3.8) is 0 Å². The summed E-state index contributed by atoms with van der Waals surface area (Å²) in [5.41, 5.74) is 4.94. The molecule has 1 fully saturated rings. The average Bonchev–Trinajstić information content (AvgIpc) is 3.34. The standard InChI is InChI=1S/C25H28N6O3S/c1-12-8-16(9-13(2)26-12)28-25-27-14(3)20(24-30-17-6-4-5-7-19(17)35-24)23(31-25)29-18-10-15(11-32)21(33)22(18)34/h4-9,15,18,21-22,32-34H,10-11H2,1-3H3,(H2,26,27,28,29,31)/t15-,18-,21-,22+/m1/s1. The van der Waals surface area contributed by atoms with Crippen molar-refractivity contribution in [1.29, 1.82) is 0 Å². The van der Waals surface area contributed by atoms with Crippen molar-refractivity contribution in [2.45, 2.75) is 45.4 Å². The van der Waals surface area contributed by atoms with Crippen LogP contribution in [0.25, 0.3) is 20.8 Å². The maximum absolute atomic E-state index is 10.6. The summed E-state index contributed by atoms with van der Waals surface area (Å²) < 4.78 is 1.05. The Balaban J connectivity index is 1.57. The Morgan fingerprint density at radius 1 is 0.971 bits per heavy atom. The molecule has 1 aliphatic carbocycles. The number of fused-ring (bicyclic) bond motifs is 1. The minimum Gasteiger partial charge on any atom is -0.396 e. The number of nitrogens with zero attached hydrogens (tertiary/aromatic N) is 4. The molecule has 0 spiro atoms. The van der Waals surface area contributed by atoms with Crippen LogP contribution in [0.1, 0.15) is 23.5 Å². The lowest BCUT2D eigenvalue weighted by Gasteiger charge is -2.21. The molecule has 0 radical (unpaired) electrons. The summed E-state index contributed by atoms with van der Waals surface area (Å²) in [6.45, 7) is 5.56. The van der Waals surface area contributed by atoms with E-state index in [1.54, 1.807) is 11.3 Å². The van der Waals surface area contributed by atoms with Gasteiger partial charge in [-0.1, -0.05) is 12.1 Å². The number of thiazole rings is 1. The molecule has 0 amide bonds. The number of rotatable bonds is 6. The lowest BCUT2D eigenvalue weighted by atomic mass is 10.1. The van der Waals surface area contributed by atoms with Gasteiger partial charge in [-0.2, -0.15) is 4.98 Å². The van der Waals surface area contributed by atoms with Gasteiger partial charge in [-0.05, 0) is 51.5 Å². The van der Waals surface area contributed by atoms with Crippen LogP contribution in [-0.2, 0) is 0 Å². The highest BCUT2D eigenvalue weighted by Gasteiger charge is 2.41. The Bertz CT molecular complexity index is 1320. The first-order valence-corrected chi connectivity index (χ1v) is 12.3. The second-order valence-electron chi connectivity index (χ2n) is 9.02. The predicted octanol–water partition coefficient (Wildman–Crippen LogP) is 3.33. The van der Waals surface area contributed by atoms with Gasteiger partial charge < -0.3 is 26.0 Å². The number of pyridine rings is 1. The molecule has 4 atom stereocenters. The first-order valence-electron chi connectivity index (χ1n) is 11.5. The lowest BCUT2D eigenvalue weighted by molar-refractivity contribution is 0.00446. The molecular weight excluding hydrogens is 464 g/mol. The third kappa shape index (κ3) is 4.70. The number of aromatic nitrogens is 4. The van der Waals surface area contributed by atoms with E-state index in [9.17, 15) is 15.3 Å². The fourth-order valence-corrected chi connectivity index (χ4v) is 5.69. The van der Waals surface area contributed by atoms with E-state index in [1.165, 1.54) is 0 Å². The van der Waals surface area contributed by atoms with Crippen LogP contribution in [0, 0.1) is 26.7 Å². The van der Waals surface area contributed by atoms with Crippen molar-refractivity contribution in [2.24, 2.45) is 5.92 Å². The molecule has 3 aromatic heterocycles. The van der Waals surface area contributed by atoms with Crippen molar-refractivity contribution in [2.75, 3.05) is 17.2 Å². The summed E-state index contributed by atoms with van der Waals surface area (Å²) in [6, 6.07) is 11.3. The highest BCUT2D eigenvalue weighted by Crippen LogP contribution is 2.38. The van der Waals surface area contributed by atoms with Crippen molar-refractivity contribution in [1.82, 2.24) is 19.9 Å². The quantitative estimate of drug-likeness (QED) is 0.274. The van der Waals surface area contributed by atoms with Gasteiger partial charge in [-0.15, -0.1) is 11.3 Å². The second-order valence-corrected chi connectivity index (χ2v) is 10.0.